The second kappa shape index (κ2) is 5.64. The van der Waals surface area contributed by atoms with Gasteiger partial charge < -0.3 is 5.32 Å². The number of anilines is 1. The second-order valence-electron chi connectivity index (χ2n) is 5.41. The molecule has 1 N–H and O–H groups in total. The lowest BCUT2D eigenvalue weighted by Crippen LogP contribution is -2.13. The van der Waals surface area contributed by atoms with Gasteiger partial charge in [0, 0.05) is 24.0 Å². The molecule has 116 valence electrons. The summed E-state index contributed by atoms with van der Waals surface area (Å²) in [5.41, 5.74) is 3.04. The van der Waals surface area contributed by atoms with E-state index in [0.29, 0.717) is 27.8 Å². The number of hydrogen-bond donors (Lipinski definition) is 1. The minimum Gasteiger partial charge on any atom is -0.322 e. The number of nitrogens with one attached hydrogen (secondary N) is 1. The van der Waals surface area contributed by atoms with Crippen LogP contribution in [-0.4, -0.2) is 26.5 Å². The number of benzene rings is 1. The van der Waals surface area contributed by atoms with E-state index in [1.165, 1.54) is 6.92 Å². The van der Waals surface area contributed by atoms with Crippen molar-refractivity contribution < 1.29 is 9.59 Å². The van der Waals surface area contributed by atoms with E-state index in [2.05, 4.69) is 15.4 Å². The minimum atomic E-state index is -0.255. The number of carbonyl (C=O) groups excluding carboxylic acids is 2. The van der Waals surface area contributed by atoms with E-state index >= 15 is 0 Å². The first-order valence-electron chi connectivity index (χ1n) is 7.17. The quantitative estimate of drug-likeness (QED) is 0.755. The zero-order valence-corrected chi connectivity index (χ0v) is 13.1. The number of pyridine rings is 1. The highest BCUT2D eigenvalue weighted by Crippen LogP contribution is 2.20. The number of aryl methyl sites for hydroxylation is 2. The fourth-order valence-electron chi connectivity index (χ4n) is 2.44. The molecule has 0 aliphatic rings. The van der Waals surface area contributed by atoms with Crippen LogP contribution in [0.3, 0.4) is 0 Å². The number of hydrogen-bond acceptors (Lipinski definition) is 4. The fourth-order valence-corrected chi connectivity index (χ4v) is 2.44. The van der Waals surface area contributed by atoms with Gasteiger partial charge in [-0.3, -0.25) is 14.3 Å². The van der Waals surface area contributed by atoms with Gasteiger partial charge in [-0.05, 0) is 32.0 Å². The van der Waals surface area contributed by atoms with Crippen LogP contribution in [0.2, 0.25) is 0 Å². The summed E-state index contributed by atoms with van der Waals surface area (Å²) in [7, 11) is 1.78. The maximum absolute atomic E-state index is 12.6. The maximum Gasteiger partial charge on any atom is 0.256 e. The van der Waals surface area contributed by atoms with Crippen LogP contribution in [0.5, 0.6) is 0 Å². The molecule has 0 aliphatic carbocycles. The number of nitrogens with zero attached hydrogens (tertiary/aromatic N) is 3. The van der Waals surface area contributed by atoms with Crippen molar-refractivity contribution in [3.63, 3.8) is 0 Å². The Labute approximate surface area is 133 Å². The van der Waals surface area contributed by atoms with Crippen molar-refractivity contribution in [2.75, 3.05) is 5.32 Å². The molecule has 3 rings (SSSR count). The first-order chi connectivity index (χ1) is 11.0. The Hall–Kier alpha value is -3.02. The smallest absolute Gasteiger partial charge is 0.256 e. The summed E-state index contributed by atoms with van der Waals surface area (Å²) in [6.45, 7) is 3.33. The minimum absolute atomic E-state index is 0.0458. The molecule has 0 saturated heterocycles. The topological polar surface area (TPSA) is 76.9 Å². The van der Waals surface area contributed by atoms with Crippen LogP contribution in [-0.2, 0) is 7.05 Å². The summed E-state index contributed by atoms with van der Waals surface area (Å²) < 4.78 is 1.63. The Morgan fingerprint density at radius 1 is 1.22 bits per heavy atom. The standard InChI is InChI=1S/C17H16N4O2/c1-10-7-14(15-9-18-21(3)16(15)19-10)17(23)20-13-6-4-5-12(8-13)11(2)22/h4-9H,1-3H3,(H,20,23). The average molecular weight is 308 g/mol. The van der Waals surface area contributed by atoms with Gasteiger partial charge in [-0.15, -0.1) is 0 Å². The molecule has 6 nitrogen and oxygen atoms in total. The molecule has 0 radical (unpaired) electrons. The molecule has 0 atom stereocenters. The zero-order valence-electron chi connectivity index (χ0n) is 13.1. The highest BCUT2D eigenvalue weighted by atomic mass is 16.1. The van der Waals surface area contributed by atoms with Crippen LogP contribution >= 0.6 is 0 Å². The molecule has 1 amide bonds. The van der Waals surface area contributed by atoms with Crippen molar-refractivity contribution >= 4 is 28.4 Å². The highest BCUT2D eigenvalue weighted by molar-refractivity contribution is 6.12. The van der Waals surface area contributed by atoms with E-state index < -0.39 is 0 Å². The van der Waals surface area contributed by atoms with Crippen molar-refractivity contribution in [2.24, 2.45) is 7.05 Å². The molecule has 3 aromatic rings. The van der Waals surface area contributed by atoms with Crippen LogP contribution in [0, 0.1) is 6.92 Å². The summed E-state index contributed by atoms with van der Waals surface area (Å²) in [5.74, 6) is -0.301. The van der Waals surface area contributed by atoms with Gasteiger partial charge in [0.2, 0.25) is 0 Å². The van der Waals surface area contributed by atoms with Crippen molar-refractivity contribution in [3.05, 3.63) is 53.3 Å². The number of aromatic nitrogens is 3. The molecule has 0 bridgehead atoms. The maximum atomic E-state index is 12.6. The Kier molecular flexibility index (Phi) is 3.65. The zero-order chi connectivity index (χ0) is 16.6. The van der Waals surface area contributed by atoms with Crippen LogP contribution < -0.4 is 5.32 Å². The lowest BCUT2D eigenvalue weighted by Gasteiger charge is -2.08. The monoisotopic (exact) mass is 308 g/mol. The van der Waals surface area contributed by atoms with Gasteiger partial charge in [0.25, 0.3) is 5.91 Å². The number of fused-ring (bicyclic) bond motifs is 1. The van der Waals surface area contributed by atoms with Crippen molar-refractivity contribution in [3.8, 4) is 0 Å². The van der Waals surface area contributed by atoms with Crippen molar-refractivity contribution in [1.82, 2.24) is 14.8 Å². The largest absolute Gasteiger partial charge is 0.322 e. The molecule has 0 spiro atoms. The third-order valence-corrected chi connectivity index (χ3v) is 3.60. The molecule has 0 aliphatic heterocycles. The van der Waals surface area contributed by atoms with Gasteiger partial charge in [-0.2, -0.15) is 5.10 Å². The lowest BCUT2D eigenvalue weighted by atomic mass is 10.1. The Morgan fingerprint density at radius 2 is 2.00 bits per heavy atom. The number of carbonyl (C=O) groups is 2. The number of amides is 1. The summed E-state index contributed by atoms with van der Waals surface area (Å²) in [6.07, 6.45) is 1.63. The summed E-state index contributed by atoms with van der Waals surface area (Å²) in [6, 6.07) is 8.60. The Morgan fingerprint density at radius 3 is 2.74 bits per heavy atom. The van der Waals surface area contributed by atoms with Crippen molar-refractivity contribution in [2.45, 2.75) is 13.8 Å². The van der Waals surface area contributed by atoms with E-state index in [-0.39, 0.29) is 11.7 Å². The van der Waals surface area contributed by atoms with E-state index in [4.69, 9.17) is 0 Å². The van der Waals surface area contributed by atoms with E-state index in [1.54, 1.807) is 48.3 Å². The summed E-state index contributed by atoms with van der Waals surface area (Å²) >= 11 is 0. The molecule has 1 aromatic carbocycles. The number of Topliss-reactive ketones (excluding diaryl/α,β-unsaturated/α-hetero) is 1. The molecule has 0 fully saturated rings. The van der Waals surface area contributed by atoms with Crippen LogP contribution in [0.1, 0.15) is 33.3 Å². The second-order valence-corrected chi connectivity index (χ2v) is 5.41. The normalized spacial score (nSPS) is 10.7. The molecule has 23 heavy (non-hydrogen) atoms. The lowest BCUT2D eigenvalue weighted by molar-refractivity contribution is 0.101. The first kappa shape index (κ1) is 14.9. The molecular weight excluding hydrogens is 292 g/mol. The molecule has 0 unspecified atom stereocenters. The number of rotatable bonds is 3. The summed E-state index contributed by atoms with van der Waals surface area (Å²) in [4.78, 5) is 28.5. The van der Waals surface area contributed by atoms with Gasteiger partial charge in [0.05, 0.1) is 17.1 Å². The first-order valence-corrected chi connectivity index (χ1v) is 7.17. The predicted octanol–water partition coefficient (Wildman–Crippen LogP) is 2.73. The van der Waals surface area contributed by atoms with Gasteiger partial charge >= 0.3 is 0 Å². The molecule has 6 heteroatoms. The summed E-state index contributed by atoms with van der Waals surface area (Å²) in [5, 5.41) is 7.67. The van der Waals surface area contributed by atoms with Crippen LogP contribution in [0.15, 0.2) is 36.5 Å². The third-order valence-electron chi connectivity index (χ3n) is 3.60. The van der Waals surface area contributed by atoms with Crippen LogP contribution in [0.4, 0.5) is 5.69 Å². The third kappa shape index (κ3) is 2.83. The van der Waals surface area contributed by atoms with Gasteiger partial charge in [-0.25, -0.2) is 4.98 Å². The molecule has 2 aromatic heterocycles. The number of ketones is 1. The Bertz CT molecular complexity index is 927. The van der Waals surface area contributed by atoms with Gasteiger partial charge in [0.15, 0.2) is 11.4 Å². The molecular formula is C17H16N4O2. The van der Waals surface area contributed by atoms with Gasteiger partial charge in [0.1, 0.15) is 0 Å². The van der Waals surface area contributed by atoms with E-state index in [9.17, 15) is 9.59 Å². The van der Waals surface area contributed by atoms with E-state index in [0.717, 1.165) is 5.69 Å². The fraction of sp³-hybridized carbons (Fsp3) is 0.176. The average Bonchev–Trinajstić information content (AvgIpc) is 2.88. The van der Waals surface area contributed by atoms with Gasteiger partial charge in [-0.1, -0.05) is 12.1 Å². The SMILES string of the molecule is CC(=O)c1cccc(NC(=O)c2cc(C)nc3c2cnn3C)c1. The van der Waals surface area contributed by atoms with Crippen molar-refractivity contribution in [1.29, 1.82) is 0 Å². The van der Waals surface area contributed by atoms with Crippen LogP contribution in [0.25, 0.3) is 11.0 Å². The Balaban J connectivity index is 1.98. The molecule has 0 saturated carbocycles. The molecule has 2 heterocycles. The highest BCUT2D eigenvalue weighted by Gasteiger charge is 2.15. The van der Waals surface area contributed by atoms with E-state index in [1.807, 2.05) is 6.92 Å². The predicted molar refractivity (Wildman–Crippen MR) is 87.6 cm³/mol.